The van der Waals surface area contributed by atoms with Crippen LogP contribution in [0.2, 0.25) is 0 Å². The minimum atomic E-state index is -1.26. The SMILES string of the molecule is CC(=O)Nc1ccc(N2C[C@]34C=C[C@H](O3)[C@H](C(=O)[O-])[C@@H]4C2=O)cc1. The van der Waals surface area contributed by atoms with Gasteiger partial charge in [-0.2, -0.15) is 0 Å². The number of hydrogen-bond donors (Lipinski definition) is 1. The van der Waals surface area contributed by atoms with Crippen LogP contribution in [0.25, 0.3) is 0 Å². The number of aliphatic carboxylic acids is 1. The molecule has 0 unspecified atom stereocenters. The number of carbonyl (C=O) groups excluding carboxylic acids is 3. The molecule has 3 aliphatic rings. The Hall–Kier alpha value is -2.67. The Bertz CT molecular complexity index is 772. The van der Waals surface area contributed by atoms with Crippen molar-refractivity contribution in [3.63, 3.8) is 0 Å². The van der Waals surface area contributed by atoms with Crippen molar-refractivity contribution in [2.24, 2.45) is 11.8 Å². The van der Waals surface area contributed by atoms with Gasteiger partial charge in [-0.15, -0.1) is 0 Å². The number of nitrogens with zero attached hydrogens (tertiary/aromatic N) is 1. The van der Waals surface area contributed by atoms with Crippen LogP contribution in [0.3, 0.4) is 0 Å². The summed E-state index contributed by atoms with van der Waals surface area (Å²) >= 11 is 0. The van der Waals surface area contributed by atoms with Crippen LogP contribution < -0.4 is 15.3 Å². The van der Waals surface area contributed by atoms with Gasteiger partial charge < -0.3 is 24.9 Å². The molecule has 1 aromatic carbocycles. The third-order valence-electron chi connectivity index (χ3n) is 4.87. The van der Waals surface area contributed by atoms with E-state index < -0.39 is 29.5 Å². The zero-order chi connectivity index (χ0) is 17.1. The van der Waals surface area contributed by atoms with Gasteiger partial charge in [-0.25, -0.2) is 0 Å². The van der Waals surface area contributed by atoms with Gasteiger partial charge in [-0.3, -0.25) is 9.59 Å². The van der Waals surface area contributed by atoms with E-state index in [0.717, 1.165) is 0 Å². The highest BCUT2D eigenvalue weighted by Crippen LogP contribution is 2.52. The summed E-state index contributed by atoms with van der Waals surface area (Å²) in [7, 11) is 0. The molecule has 3 aliphatic heterocycles. The van der Waals surface area contributed by atoms with E-state index in [9.17, 15) is 19.5 Å². The highest BCUT2D eigenvalue weighted by atomic mass is 16.5. The van der Waals surface area contributed by atoms with E-state index >= 15 is 0 Å². The Morgan fingerprint density at radius 1 is 1.33 bits per heavy atom. The second kappa shape index (κ2) is 4.91. The molecule has 24 heavy (non-hydrogen) atoms. The van der Waals surface area contributed by atoms with Gasteiger partial charge in [0.05, 0.1) is 18.6 Å². The fourth-order valence-electron chi connectivity index (χ4n) is 3.91. The van der Waals surface area contributed by atoms with Crippen molar-refractivity contribution in [2.45, 2.75) is 18.6 Å². The van der Waals surface area contributed by atoms with E-state index in [1.54, 1.807) is 36.4 Å². The predicted molar refractivity (Wildman–Crippen MR) is 81.8 cm³/mol. The second-order valence-corrected chi connectivity index (χ2v) is 6.37. The lowest BCUT2D eigenvalue weighted by Crippen LogP contribution is -2.45. The lowest BCUT2D eigenvalue weighted by molar-refractivity contribution is -0.313. The van der Waals surface area contributed by atoms with Crippen molar-refractivity contribution in [3.05, 3.63) is 36.4 Å². The van der Waals surface area contributed by atoms with Crippen molar-refractivity contribution in [3.8, 4) is 0 Å². The number of rotatable bonds is 3. The maximum atomic E-state index is 12.8. The van der Waals surface area contributed by atoms with Gasteiger partial charge in [-0.1, -0.05) is 12.2 Å². The molecule has 1 spiro atoms. The van der Waals surface area contributed by atoms with Gasteiger partial charge in [0.15, 0.2) is 0 Å². The van der Waals surface area contributed by atoms with Gasteiger partial charge in [0.2, 0.25) is 11.8 Å². The minimum absolute atomic E-state index is 0.180. The number of ether oxygens (including phenoxy) is 1. The molecule has 3 heterocycles. The van der Waals surface area contributed by atoms with E-state index in [-0.39, 0.29) is 18.4 Å². The number of carbonyl (C=O) groups is 3. The molecule has 4 rings (SSSR count). The van der Waals surface area contributed by atoms with Crippen molar-refractivity contribution in [1.82, 2.24) is 0 Å². The predicted octanol–water partition coefficient (Wildman–Crippen LogP) is -0.319. The van der Waals surface area contributed by atoms with E-state index in [1.165, 1.54) is 11.8 Å². The number of nitrogens with one attached hydrogen (secondary N) is 1. The Morgan fingerprint density at radius 3 is 2.67 bits per heavy atom. The molecule has 2 fully saturated rings. The molecule has 0 aliphatic carbocycles. The third-order valence-corrected chi connectivity index (χ3v) is 4.87. The third kappa shape index (κ3) is 1.98. The zero-order valence-electron chi connectivity index (χ0n) is 12.9. The monoisotopic (exact) mass is 327 g/mol. The van der Waals surface area contributed by atoms with Gasteiger partial charge in [0, 0.05) is 30.2 Å². The number of carboxylic acids is 1. The number of hydrogen-bond acceptors (Lipinski definition) is 5. The standard InChI is InChI=1S/C17H16N2O5/c1-9(20)18-10-2-4-11(5-3-10)19-8-17-7-6-12(24-17)13(16(22)23)14(17)15(19)21/h2-7,12-14H,8H2,1H3,(H,18,20)(H,22,23)/p-1/t12-,13-,14+,17-/m0/s1. The van der Waals surface area contributed by atoms with E-state index in [2.05, 4.69) is 5.32 Å². The smallest absolute Gasteiger partial charge is 0.234 e. The maximum Gasteiger partial charge on any atom is 0.234 e. The van der Waals surface area contributed by atoms with Crippen LogP contribution in [0.5, 0.6) is 0 Å². The highest BCUT2D eigenvalue weighted by molar-refractivity contribution is 6.02. The number of carboxylic acid groups (broad SMARTS) is 1. The van der Waals surface area contributed by atoms with Crippen LogP contribution in [0.4, 0.5) is 11.4 Å². The van der Waals surface area contributed by atoms with Crippen molar-refractivity contribution in [2.75, 3.05) is 16.8 Å². The van der Waals surface area contributed by atoms with Crippen LogP contribution >= 0.6 is 0 Å². The molecule has 0 aromatic heterocycles. The average molecular weight is 327 g/mol. The Labute approximate surface area is 137 Å². The molecule has 2 amide bonds. The van der Waals surface area contributed by atoms with Crippen molar-refractivity contribution < 1.29 is 24.2 Å². The summed E-state index contributed by atoms with van der Waals surface area (Å²) in [5.74, 6) is -3.42. The lowest BCUT2D eigenvalue weighted by atomic mass is 9.77. The van der Waals surface area contributed by atoms with Crippen LogP contribution in [0.15, 0.2) is 36.4 Å². The molecule has 7 nitrogen and oxygen atoms in total. The van der Waals surface area contributed by atoms with Crippen molar-refractivity contribution >= 4 is 29.2 Å². The quantitative estimate of drug-likeness (QED) is 0.767. The summed E-state index contributed by atoms with van der Waals surface area (Å²) < 4.78 is 5.80. The van der Waals surface area contributed by atoms with Crippen LogP contribution in [0, 0.1) is 11.8 Å². The molecular formula is C17H15N2O5-. The summed E-state index contributed by atoms with van der Waals surface area (Å²) in [5, 5.41) is 14.1. The molecular weight excluding hydrogens is 312 g/mol. The topological polar surface area (TPSA) is 98.8 Å². The Balaban J connectivity index is 1.63. The van der Waals surface area contributed by atoms with E-state index in [0.29, 0.717) is 11.4 Å². The number of anilines is 2. The first-order valence-corrected chi connectivity index (χ1v) is 7.68. The molecule has 1 N–H and O–H groups in total. The average Bonchev–Trinajstić information content (AvgIpc) is 3.16. The molecule has 7 heteroatoms. The summed E-state index contributed by atoms with van der Waals surface area (Å²) in [6.07, 6.45) is 2.91. The van der Waals surface area contributed by atoms with Gasteiger partial charge >= 0.3 is 0 Å². The summed E-state index contributed by atoms with van der Waals surface area (Å²) in [6.45, 7) is 1.69. The first-order chi connectivity index (χ1) is 11.4. The Morgan fingerprint density at radius 2 is 2.04 bits per heavy atom. The lowest BCUT2D eigenvalue weighted by Gasteiger charge is -2.24. The highest BCUT2D eigenvalue weighted by Gasteiger charge is 2.65. The summed E-state index contributed by atoms with van der Waals surface area (Å²) in [5.41, 5.74) is 0.374. The summed E-state index contributed by atoms with van der Waals surface area (Å²) in [4.78, 5) is 36.8. The number of benzene rings is 1. The van der Waals surface area contributed by atoms with Crippen LogP contribution in [-0.4, -0.2) is 36.0 Å². The van der Waals surface area contributed by atoms with Gasteiger partial charge in [-0.05, 0) is 24.3 Å². The minimum Gasteiger partial charge on any atom is -0.550 e. The molecule has 0 saturated carbocycles. The largest absolute Gasteiger partial charge is 0.550 e. The Kier molecular flexibility index (Phi) is 3.05. The molecule has 1 aromatic rings. The first kappa shape index (κ1) is 14.9. The normalized spacial score (nSPS) is 33.0. The first-order valence-electron chi connectivity index (χ1n) is 7.68. The van der Waals surface area contributed by atoms with Gasteiger partial charge in [0.1, 0.15) is 5.60 Å². The second-order valence-electron chi connectivity index (χ2n) is 6.37. The van der Waals surface area contributed by atoms with E-state index in [4.69, 9.17) is 4.74 Å². The summed E-state index contributed by atoms with van der Waals surface area (Å²) in [6, 6.07) is 6.82. The molecule has 124 valence electrons. The fraction of sp³-hybridized carbons (Fsp3) is 0.353. The molecule has 2 saturated heterocycles. The molecule has 2 bridgehead atoms. The molecule has 4 atom stereocenters. The number of amides is 2. The van der Waals surface area contributed by atoms with Crippen LogP contribution in [-0.2, 0) is 19.1 Å². The maximum absolute atomic E-state index is 12.8. The zero-order valence-corrected chi connectivity index (χ0v) is 12.9. The van der Waals surface area contributed by atoms with E-state index in [1.807, 2.05) is 0 Å². The fourth-order valence-corrected chi connectivity index (χ4v) is 3.91. The van der Waals surface area contributed by atoms with Crippen LogP contribution in [0.1, 0.15) is 6.92 Å². The van der Waals surface area contributed by atoms with Gasteiger partial charge in [0.25, 0.3) is 0 Å². The number of fused-ring (bicyclic) bond motifs is 1. The molecule has 0 radical (unpaired) electrons. The van der Waals surface area contributed by atoms with Crippen molar-refractivity contribution in [1.29, 1.82) is 0 Å².